The fourth-order valence-electron chi connectivity index (χ4n) is 2.62. The van der Waals surface area contributed by atoms with Gasteiger partial charge in [0.1, 0.15) is 5.75 Å². The van der Waals surface area contributed by atoms with Crippen molar-refractivity contribution in [2.45, 2.75) is 38.5 Å². The Morgan fingerprint density at radius 2 is 1.80 bits per heavy atom. The number of carboxylic acids is 1. The molecule has 1 aromatic rings. The zero-order chi connectivity index (χ0) is 14.5. The summed E-state index contributed by atoms with van der Waals surface area (Å²) in [5.74, 6) is 0.735. The molecule has 1 aromatic carbocycles. The molecule has 0 bridgehead atoms. The first kappa shape index (κ1) is 16.3. The third-order valence-electron chi connectivity index (χ3n) is 3.74. The van der Waals surface area contributed by atoms with Crippen molar-refractivity contribution in [2.75, 3.05) is 6.61 Å². The SMILES string of the molecule is O=C(O)c1cc(I)c(OCCC2CCCCC2)c(I)c1. The van der Waals surface area contributed by atoms with Crippen LogP contribution in [-0.2, 0) is 0 Å². The molecule has 0 spiro atoms. The summed E-state index contributed by atoms with van der Waals surface area (Å²) in [5.41, 5.74) is 0.318. The van der Waals surface area contributed by atoms with E-state index in [1.807, 2.05) is 0 Å². The first-order valence-electron chi connectivity index (χ1n) is 6.93. The number of rotatable bonds is 5. The van der Waals surface area contributed by atoms with Gasteiger partial charge in [-0.25, -0.2) is 4.79 Å². The van der Waals surface area contributed by atoms with Crippen molar-refractivity contribution in [3.8, 4) is 5.75 Å². The predicted molar refractivity (Wildman–Crippen MR) is 95.5 cm³/mol. The van der Waals surface area contributed by atoms with Gasteiger partial charge in [0.2, 0.25) is 0 Å². The van der Waals surface area contributed by atoms with Gasteiger partial charge in [-0.3, -0.25) is 0 Å². The molecule has 0 aromatic heterocycles. The fraction of sp³-hybridized carbons (Fsp3) is 0.533. The highest BCUT2D eigenvalue weighted by molar-refractivity contribution is 14.1. The minimum Gasteiger partial charge on any atom is -0.491 e. The Balaban J connectivity index is 1.93. The molecular weight excluding hydrogens is 482 g/mol. The van der Waals surface area contributed by atoms with E-state index in [2.05, 4.69) is 45.2 Å². The lowest BCUT2D eigenvalue weighted by Gasteiger charge is -2.21. The molecule has 0 amide bonds. The molecule has 1 saturated carbocycles. The second-order valence-electron chi connectivity index (χ2n) is 5.22. The second kappa shape index (κ2) is 7.82. The largest absolute Gasteiger partial charge is 0.491 e. The summed E-state index contributed by atoms with van der Waals surface area (Å²) in [4.78, 5) is 11.0. The molecule has 1 fully saturated rings. The number of aromatic carboxylic acids is 1. The standard InChI is InChI=1S/C15H18I2O3/c16-12-8-11(15(18)19)9-13(17)14(12)20-7-6-10-4-2-1-3-5-10/h8-10H,1-7H2,(H,18,19). The van der Waals surface area contributed by atoms with Gasteiger partial charge in [0, 0.05) is 0 Å². The molecule has 0 aliphatic heterocycles. The lowest BCUT2D eigenvalue weighted by atomic mass is 9.87. The summed E-state index contributed by atoms with van der Waals surface area (Å²) in [6, 6.07) is 3.34. The number of halogens is 2. The van der Waals surface area contributed by atoms with Gasteiger partial charge in [0.05, 0.1) is 19.3 Å². The third kappa shape index (κ3) is 4.47. The highest BCUT2D eigenvalue weighted by Crippen LogP contribution is 2.30. The molecule has 2 rings (SSSR count). The van der Waals surface area contributed by atoms with Crippen molar-refractivity contribution in [3.63, 3.8) is 0 Å². The molecule has 0 saturated heterocycles. The number of carbonyl (C=O) groups is 1. The number of benzene rings is 1. The van der Waals surface area contributed by atoms with E-state index in [1.54, 1.807) is 12.1 Å². The van der Waals surface area contributed by atoms with E-state index < -0.39 is 5.97 Å². The van der Waals surface area contributed by atoms with Gasteiger partial charge >= 0.3 is 5.97 Å². The van der Waals surface area contributed by atoms with Crippen LogP contribution in [0.5, 0.6) is 5.75 Å². The Hall–Kier alpha value is -0.0500. The Bertz CT molecular complexity index is 459. The maximum atomic E-state index is 11.0. The monoisotopic (exact) mass is 500 g/mol. The van der Waals surface area contributed by atoms with Crippen LogP contribution in [-0.4, -0.2) is 17.7 Å². The van der Waals surface area contributed by atoms with Crippen LogP contribution >= 0.6 is 45.2 Å². The lowest BCUT2D eigenvalue weighted by Crippen LogP contribution is -2.11. The molecule has 1 aliphatic rings. The van der Waals surface area contributed by atoms with E-state index in [-0.39, 0.29) is 0 Å². The van der Waals surface area contributed by atoms with Gasteiger partial charge in [0.15, 0.2) is 0 Å². The fourth-order valence-corrected chi connectivity index (χ4v) is 4.70. The van der Waals surface area contributed by atoms with E-state index in [1.165, 1.54) is 32.1 Å². The van der Waals surface area contributed by atoms with Gasteiger partial charge < -0.3 is 9.84 Å². The number of hydrogen-bond donors (Lipinski definition) is 1. The average Bonchev–Trinajstić information content (AvgIpc) is 2.42. The predicted octanol–water partition coefficient (Wildman–Crippen LogP) is 4.94. The van der Waals surface area contributed by atoms with E-state index in [9.17, 15) is 4.79 Å². The summed E-state index contributed by atoms with van der Waals surface area (Å²) < 4.78 is 7.64. The summed E-state index contributed by atoms with van der Waals surface area (Å²) in [6.07, 6.45) is 7.85. The van der Waals surface area contributed by atoms with Gasteiger partial charge in [-0.15, -0.1) is 0 Å². The van der Waals surface area contributed by atoms with Crippen molar-refractivity contribution in [3.05, 3.63) is 24.8 Å². The van der Waals surface area contributed by atoms with Crippen LogP contribution in [0.3, 0.4) is 0 Å². The molecule has 0 atom stereocenters. The Labute approximate surface area is 146 Å². The zero-order valence-electron chi connectivity index (χ0n) is 11.2. The van der Waals surface area contributed by atoms with Crippen LogP contribution in [0.25, 0.3) is 0 Å². The van der Waals surface area contributed by atoms with Crippen LogP contribution < -0.4 is 4.74 Å². The molecule has 0 heterocycles. The minimum atomic E-state index is -0.894. The van der Waals surface area contributed by atoms with Gasteiger partial charge in [-0.2, -0.15) is 0 Å². The van der Waals surface area contributed by atoms with Crippen molar-refractivity contribution in [1.29, 1.82) is 0 Å². The van der Waals surface area contributed by atoms with Crippen molar-refractivity contribution in [2.24, 2.45) is 5.92 Å². The summed E-state index contributed by atoms with van der Waals surface area (Å²) >= 11 is 4.29. The Morgan fingerprint density at radius 3 is 2.35 bits per heavy atom. The molecule has 0 unspecified atom stereocenters. The maximum Gasteiger partial charge on any atom is 0.335 e. The molecular formula is C15H18I2O3. The average molecular weight is 500 g/mol. The smallest absolute Gasteiger partial charge is 0.335 e. The van der Waals surface area contributed by atoms with Crippen LogP contribution in [0.2, 0.25) is 0 Å². The van der Waals surface area contributed by atoms with Crippen LogP contribution in [0, 0.1) is 13.1 Å². The minimum absolute atomic E-state index is 0.318. The van der Waals surface area contributed by atoms with Crippen LogP contribution in [0.1, 0.15) is 48.9 Å². The van der Waals surface area contributed by atoms with E-state index in [0.717, 1.165) is 31.8 Å². The summed E-state index contributed by atoms with van der Waals surface area (Å²) in [5, 5.41) is 9.02. The number of carboxylic acid groups (broad SMARTS) is 1. The first-order valence-corrected chi connectivity index (χ1v) is 9.09. The van der Waals surface area contributed by atoms with E-state index >= 15 is 0 Å². The number of hydrogen-bond acceptors (Lipinski definition) is 2. The van der Waals surface area contributed by atoms with Crippen LogP contribution in [0.15, 0.2) is 12.1 Å². The zero-order valence-corrected chi connectivity index (χ0v) is 15.5. The number of ether oxygens (including phenoxy) is 1. The topological polar surface area (TPSA) is 46.5 Å². The van der Waals surface area contributed by atoms with Crippen molar-refractivity contribution >= 4 is 51.2 Å². The highest BCUT2D eigenvalue weighted by Gasteiger charge is 2.15. The van der Waals surface area contributed by atoms with Gasteiger partial charge in [-0.1, -0.05) is 32.1 Å². The molecule has 110 valence electrons. The molecule has 20 heavy (non-hydrogen) atoms. The van der Waals surface area contributed by atoms with Crippen molar-refractivity contribution < 1.29 is 14.6 Å². The molecule has 1 N–H and O–H groups in total. The highest BCUT2D eigenvalue weighted by atomic mass is 127. The molecule has 5 heteroatoms. The van der Waals surface area contributed by atoms with Crippen LogP contribution in [0.4, 0.5) is 0 Å². The second-order valence-corrected chi connectivity index (χ2v) is 7.54. The molecule has 3 nitrogen and oxygen atoms in total. The lowest BCUT2D eigenvalue weighted by molar-refractivity contribution is 0.0696. The maximum absolute atomic E-state index is 11.0. The van der Waals surface area contributed by atoms with E-state index in [4.69, 9.17) is 9.84 Å². The third-order valence-corrected chi connectivity index (χ3v) is 5.35. The van der Waals surface area contributed by atoms with Gasteiger partial charge in [-0.05, 0) is 69.7 Å². The quantitative estimate of drug-likeness (QED) is 0.583. The van der Waals surface area contributed by atoms with E-state index in [0.29, 0.717) is 5.56 Å². The van der Waals surface area contributed by atoms with Gasteiger partial charge in [0.25, 0.3) is 0 Å². The van der Waals surface area contributed by atoms with Crippen molar-refractivity contribution in [1.82, 2.24) is 0 Å². The molecule has 1 aliphatic carbocycles. The Morgan fingerprint density at radius 1 is 1.20 bits per heavy atom. The first-order chi connectivity index (χ1) is 9.58. The molecule has 0 radical (unpaired) electrons. The summed E-state index contributed by atoms with van der Waals surface area (Å²) in [6.45, 7) is 0.725. The normalized spacial score (nSPS) is 16.1. The Kier molecular flexibility index (Phi) is 6.38. The summed E-state index contributed by atoms with van der Waals surface area (Å²) in [7, 11) is 0.